The number of alkyl halides is 3. The van der Waals surface area contributed by atoms with Gasteiger partial charge in [-0.25, -0.2) is 4.39 Å². The smallest absolute Gasteiger partial charge is 0.419 e. The summed E-state index contributed by atoms with van der Waals surface area (Å²) in [6.07, 6.45) is -3.52. The van der Waals surface area contributed by atoms with E-state index in [9.17, 15) is 17.6 Å². The summed E-state index contributed by atoms with van der Waals surface area (Å²) in [5.74, 6) is -1.75. The fourth-order valence-electron chi connectivity index (χ4n) is 1.54. The second-order valence-corrected chi connectivity index (χ2v) is 4.03. The number of aromatic nitrogens is 1. The highest BCUT2D eigenvalue weighted by Crippen LogP contribution is 2.34. The number of amidine groups is 1. The highest BCUT2D eigenvalue weighted by molar-refractivity contribution is 5.93. The van der Waals surface area contributed by atoms with Gasteiger partial charge in [0, 0.05) is 12.3 Å². The summed E-state index contributed by atoms with van der Waals surface area (Å²) in [5.41, 5.74) is 3.94. The van der Waals surface area contributed by atoms with Crippen molar-refractivity contribution >= 4 is 5.84 Å². The van der Waals surface area contributed by atoms with Crippen molar-refractivity contribution in [3.05, 3.63) is 53.6 Å². The number of benzene rings is 1. The first-order valence-corrected chi connectivity index (χ1v) is 5.62. The molecule has 1 aromatic carbocycles. The highest BCUT2D eigenvalue weighted by atomic mass is 19.4. The van der Waals surface area contributed by atoms with Gasteiger partial charge in [-0.2, -0.15) is 13.2 Å². The van der Waals surface area contributed by atoms with Crippen LogP contribution in [-0.4, -0.2) is 10.8 Å². The highest BCUT2D eigenvalue weighted by Gasteiger charge is 2.34. The van der Waals surface area contributed by atoms with E-state index in [0.29, 0.717) is 12.1 Å². The lowest BCUT2D eigenvalue weighted by Gasteiger charge is -2.11. The van der Waals surface area contributed by atoms with Crippen molar-refractivity contribution in [1.82, 2.24) is 4.98 Å². The number of pyridine rings is 1. The van der Waals surface area contributed by atoms with Crippen molar-refractivity contribution in [3.8, 4) is 11.5 Å². The molecule has 8 heteroatoms. The average molecular weight is 299 g/mol. The number of ether oxygens (including phenoxy) is 1. The largest absolute Gasteiger partial charge is 0.457 e. The lowest BCUT2D eigenvalue weighted by molar-refractivity contribution is -0.140. The zero-order valence-corrected chi connectivity index (χ0v) is 10.4. The second-order valence-electron chi connectivity index (χ2n) is 4.03. The molecular weight excluding hydrogens is 290 g/mol. The molecule has 0 atom stereocenters. The first kappa shape index (κ1) is 14.8. The van der Waals surface area contributed by atoms with Crippen molar-refractivity contribution in [2.24, 2.45) is 5.73 Å². The molecule has 0 fully saturated rings. The molecule has 110 valence electrons. The van der Waals surface area contributed by atoms with Crippen LogP contribution in [0.1, 0.15) is 11.3 Å². The van der Waals surface area contributed by atoms with E-state index in [1.807, 2.05) is 0 Å². The number of hydrogen-bond acceptors (Lipinski definition) is 3. The van der Waals surface area contributed by atoms with Crippen LogP contribution in [0.25, 0.3) is 0 Å². The van der Waals surface area contributed by atoms with E-state index < -0.39 is 17.6 Å². The Morgan fingerprint density at radius 3 is 2.43 bits per heavy atom. The van der Waals surface area contributed by atoms with Gasteiger partial charge in [-0.1, -0.05) is 0 Å². The van der Waals surface area contributed by atoms with E-state index in [2.05, 4.69) is 4.98 Å². The molecule has 0 saturated heterocycles. The molecular formula is C13H9F4N3O. The summed E-state index contributed by atoms with van der Waals surface area (Å²) in [6.45, 7) is 0. The summed E-state index contributed by atoms with van der Waals surface area (Å²) in [7, 11) is 0. The Labute approximate surface area is 116 Å². The van der Waals surface area contributed by atoms with Crippen LogP contribution in [0.5, 0.6) is 11.5 Å². The molecule has 0 bridgehead atoms. The molecule has 0 aliphatic heterocycles. The number of halogens is 4. The minimum atomic E-state index is -4.81. The Kier molecular flexibility index (Phi) is 3.79. The number of hydrogen-bond donors (Lipinski definition) is 2. The van der Waals surface area contributed by atoms with Crippen LogP contribution in [-0.2, 0) is 6.18 Å². The summed E-state index contributed by atoms with van der Waals surface area (Å²) >= 11 is 0. The summed E-state index contributed by atoms with van der Waals surface area (Å²) in [4.78, 5) is 3.78. The molecule has 0 radical (unpaired) electrons. The SMILES string of the molecule is N=C(N)c1cc(Oc2ccc(F)c(C(F)(F)F)c2)ccn1. The standard InChI is InChI=1S/C13H9F4N3O/c14-10-2-1-7(5-9(10)13(15,16)17)21-8-3-4-20-11(6-8)12(18)19/h1-6H,(H3,18,19). The Morgan fingerprint density at radius 2 is 1.81 bits per heavy atom. The maximum absolute atomic E-state index is 13.1. The topological polar surface area (TPSA) is 72.0 Å². The van der Waals surface area contributed by atoms with E-state index in [-0.39, 0.29) is 23.0 Å². The van der Waals surface area contributed by atoms with Crippen LogP contribution in [0.2, 0.25) is 0 Å². The Morgan fingerprint density at radius 1 is 1.14 bits per heavy atom. The molecule has 1 heterocycles. The monoisotopic (exact) mass is 299 g/mol. The van der Waals surface area contributed by atoms with Gasteiger partial charge < -0.3 is 10.5 Å². The fourth-order valence-corrected chi connectivity index (χ4v) is 1.54. The fraction of sp³-hybridized carbons (Fsp3) is 0.0769. The molecule has 1 aromatic heterocycles. The summed E-state index contributed by atoms with van der Waals surface area (Å²) in [6, 6.07) is 4.97. The van der Waals surface area contributed by atoms with Gasteiger partial charge in [-0.15, -0.1) is 0 Å². The first-order valence-electron chi connectivity index (χ1n) is 5.62. The third-order valence-electron chi connectivity index (χ3n) is 2.49. The number of rotatable bonds is 3. The molecule has 2 aromatic rings. The molecule has 0 aliphatic rings. The van der Waals surface area contributed by atoms with Crippen molar-refractivity contribution in [3.63, 3.8) is 0 Å². The maximum atomic E-state index is 13.1. The van der Waals surface area contributed by atoms with Crippen molar-refractivity contribution in [2.75, 3.05) is 0 Å². The molecule has 0 spiro atoms. The zero-order chi connectivity index (χ0) is 15.6. The van der Waals surface area contributed by atoms with Crippen molar-refractivity contribution in [1.29, 1.82) is 5.41 Å². The number of nitrogen functional groups attached to an aromatic ring is 1. The summed E-state index contributed by atoms with van der Waals surface area (Å²) in [5, 5.41) is 7.22. The third-order valence-corrected chi connectivity index (χ3v) is 2.49. The van der Waals surface area contributed by atoms with Gasteiger partial charge in [-0.3, -0.25) is 10.4 Å². The maximum Gasteiger partial charge on any atom is 0.419 e. The van der Waals surface area contributed by atoms with Crippen LogP contribution in [0.4, 0.5) is 17.6 Å². The first-order chi connectivity index (χ1) is 9.77. The average Bonchev–Trinajstić information content (AvgIpc) is 2.40. The molecule has 0 aliphatic carbocycles. The van der Waals surface area contributed by atoms with Gasteiger partial charge in [0.25, 0.3) is 0 Å². The van der Waals surface area contributed by atoms with Crippen LogP contribution in [0, 0.1) is 11.2 Å². The zero-order valence-electron chi connectivity index (χ0n) is 10.4. The molecule has 21 heavy (non-hydrogen) atoms. The van der Waals surface area contributed by atoms with Gasteiger partial charge in [0.1, 0.15) is 28.8 Å². The van der Waals surface area contributed by atoms with Gasteiger partial charge in [-0.05, 0) is 24.3 Å². The van der Waals surface area contributed by atoms with Crippen LogP contribution < -0.4 is 10.5 Å². The van der Waals surface area contributed by atoms with Crippen LogP contribution in [0.15, 0.2) is 36.5 Å². The van der Waals surface area contributed by atoms with Crippen LogP contribution in [0.3, 0.4) is 0 Å². The summed E-state index contributed by atoms with van der Waals surface area (Å²) < 4.78 is 56.1. The van der Waals surface area contributed by atoms with E-state index >= 15 is 0 Å². The van der Waals surface area contributed by atoms with Gasteiger partial charge in [0.2, 0.25) is 0 Å². The number of nitrogens with one attached hydrogen (secondary N) is 1. The molecule has 2 rings (SSSR count). The van der Waals surface area contributed by atoms with E-state index in [0.717, 1.165) is 6.07 Å². The van der Waals surface area contributed by atoms with Crippen molar-refractivity contribution in [2.45, 2.75) is 6.18 Å². The van der Waals surface area contributed by atoms with Gasteiger partial charge >= 0.3 is 6.18 Å². The molecule has 0 amide bonds. The van der Waals surface area contributed by atoms with E-state index in [1.165, 1.54) is 18.3 Å². The molecule has 0 unspecified atom stereocenters. The van der Waals surface area contributed by atoms with Gasteiger partial charge in [0.05, 0.1) is 5.56 Å². The predicted molar refractivity (Wildman–Crippen MR) is 66.7 cm³/mol. The van der Waals surface area contributed by atoms with Crippen LogP contribution >= 0.6 is 0 Å². The predicted octanol–water partition coefficient (Wildman–Crippen LogP) is 3.32. The molecule has 4 nitrogen and oxygen atoms in total. The van der Waals surface area contributed by atoms with Crippen molar-refractivity contribution < 1.29 is 22.3 Å². The minimum Gasteiger partial charge on any atom is -0.457 e. The quantitative estimate of drug-likeness (QED) is 0.519. The number of nitrogens with two attached hydrogens (primary N) is 1. The minimum absolute atomic E-state index is 0.116. The Hall–Kier alpha value is -2.64. The van der Waals surface area contributed by atoms with Gasteiger partial charge in [0.15, 0.2) is 0 Å². The molecule has 0 saturated carbocycles. The Balaban J connectivity index is 2.32. The number of nitrogens with zero attached hydrogens (tertiary/aromatic N) is 1. The third kappa shape index (κ3) is 3.47. The Bertz CT molecular complexity index is 685. The second kappa shape index (κ2) is 5.39. The lowest BCUT2D eigenvalue weighted by Crippen LogP contribution is -2.12. The normalized spacial score (nSPS) is 11.2. The van der Waals surface area contributed by atoms with E-state index in [4.69, 9.17) is 15.9 Å². The van der Waals surface area contributed by atoms with E-state index in [1.54, 1.807) is 0 Å². The lowest BCUT2D eigenvalue weighted by atomic mass is 10.2. The molecule has 3 N–H and O–H groups in total.